The van der Waals surface area contributed by atoms with Gasteiger partial charge in [0.2, 0.25) is 0 Å². The number of carbonyl (C=O) groups excluding carboxylic acids is 1. The highest BCUT2D eigenvalue weighted by Gasteiger charge is 2.28. The molecule has 0 aromatic heterocycles. The molecule has 5 heteroatoms. The van der Waals surface area contributed by atoms with E-state index >= 15 is 0 Å². The predicted molar refractivity (Wildman–Crippen MR) is 90.1 cm³/mol. The summed E-state index contributed by atoms with van der Waals surface area (Å²) in [6, 6.07) is 10.6. The second-order valence-electron chi connectivity index (χ2n) is 6.19. The second-order valence-corrected chi connectivity index (χ2v) is 6.63. The highest BCUT2D eigenvalue weighted by atomic mass is 35.5. The zero-order valence-electron chi connectivity index (χ0n) is 13.1. The molecule has 1 heterocycles. The van der Waals surface area contributed by atoms with Crippen LogP contribution in [0, 0.1) is 17.6 Å². The van der Waals surface area contributed by atoms with Gasteiger partial charge in [0.25, 0.3) is 0 Å². The van der Waals surface area contributed by atoms with E-state index in [4.69, 9.17) is 11.6 Å². The Hall–Kier alpha value is -1.78. The molecule has 1 aliphatic heterocycles. The maximum Gasteiger partial charge on any atom is 0.170 e. The fourth-order valence-corrected chi connectivity index (χ4v) is 3.43. The van der Waals surface area contributed by atoms with E-state index in [1.807, 2.05) is 24.3 Å². The number of carbonyl (C=O) groups is 1. The van der Waals surface area contributed by atoms with Gasteiger partial charge in [-0.05, 0) is 55.3 Å². The van der Waals surface area contributed by atoms with Crippen LogP contribution in [0.15, 0.2) is 42.5 Å². The summed E-state index contributed by atoms with van der Waals surface area (Å²) in [7, 11) is 0. The maximum absolute atomic E-state index is 13.8. The van der Waals surface area contributed by atoms with Crippen molar-refractivity contribution < 1.29 is 13.6 Å². The molecule has 0 amide bonds. The van der Waals surface area contributed by atoms with Crippen LogP contribution in [0.1, 0.15) is 28.8 Å². The van der Waals surface area contributed by atoms with Crippen LogP contribution in [-0.4, -0.2) is 23.8 Å². The van der Waals surface area contributed by atoms with Crippen molar-refractivity contribution in [1.29, 1.82) is 0 Å². The zero-order valence-corrected chi connectivity index (χ0v) is 13.9. The average Bonchev–Trinajstić information content (AvgIpc) is 2.57. The van der Waals surface area contributed by atoms with Gasteiger partial charge in [0.1, 0.15) is 11.6 Å². The van der Waals surface area contributed by atoms with E-state index in [1.165, 1.54) is 0 Å². The molecule has 1 fully saturated rings. The first-order chi connectivity index (χ1) is 11.5. The lowest BCUT2D eigenvalue weighted by Gasteiger charge is -2.32. The van der Waals surface area contributed by atoms with Crippen LogP contribution in [0.4, 0.5) is 8.78 Å². The Morgan fingerprint density at radius 2 is 2.04 bits per heavy atom. The van der Waals surface area contributed by atoms with Crippen LogP contribution < -0.4 is 0 Å². The smallest absolute Gasteiger partial charge is 0.170 e. The summed E-state index contributed by atoms with van der Waals surface area (Å²) >= 11 is 6.00. The number of halogens is 3. The first-order valence-electron chi connectivity index (χ1n) is 7.99. The van der Waals surface area contributed by atoms with E-state index < -0.39 is 11.6 Å². The van der Waals surface area contributed by atoms with Gasteiger partial charge in [-0.1, -0.05) is 23.7 Å². The molecule has 0 N–H and O–H groups in total. The van der Waals surface area contributed by atoms with Crippen molar-refractivity contribution >= 4 is 17.4 Å². The van der Waals surface area contributed by atoms with E-state index in [0.717, 1.165) is 36.7 Å². The van der Waals surface area contributed by atoms with Crippen molar-refractivity contribution in [3.05, 3.63) is 70.2 Å². The molecule has 0 radical (unpaired) electrons. The number of nitrogens with zero attached hydrogens (tertiary/aromatic N) is 1. The van der Waals surface area contributed by atoms with Gasteiger partial charge < -0.3 is 0 Å². The predicted octanol–water partition coefficient (Wildman–Crippen LogP) is 4.71. The monoisotopic (exact) mass is 349 g/mol. The molecule has 2 nitrogen and oxygen atoms in total. The number of likely N-dealkylation sites (tertiary alicyclic amines) is 1. The lowest BCUT2D eigenvalue weighted by atomic mass is 9.89. The third-order valence-corrected chi connectivity index (χ3v) is 4.60. The Morgan fingerprint density at radius 1 is 1.21 bits per heavy atom. The number of piperidine rings is 1. The third-order valence-electron chi connectivity index (χ3n) is 4.37. The van der Waals surface area contributed by atoms with Crippen LogP contribution >= 0.6 is 11.6 Å². The van der Waals surface area contributed by atoms with Crippen molar-refractivity contribution in [2.24, 2.45) is 5.92 Å². The van der Waals surface area contributed by atoms with Gasteiger partial charge in [-0.25, -0.2) is 8.78 Å². The summed E-state index contributed by atoms with van der Waals surface area (Å²) in [6.07, 6.45) is 1.55. The van der Waals surface area contributed by atoms with E-state index in [0.29, 0.717) is 24.5 Å². The van der Waals surface area contributed by atoms with Crippen LogP contribution in [0.2, 0.25) is 5.02 Å². The highest BCUT2D eigenvalue weighted by molar-refractivity contribution is 6.30. The standard InChI is InChI=1S/C19H18ClF2NO/c20-15-5-1-3-13(9-15)11-23-8-2-4-14(12-23)19(24)17-10-16(21)6-7-18(17)22/h1,3,5-7,9-10,14H,2,4,8,11-12H2/t14-/m0/s1. The molecule has 0 spiro atoms. The molecule has 126 valence electrons. The Labute approximate surface area is 145 Å². The molecule has 0 unspecified atom stereocenters. The van der Waals surface area contributed by atoms with Gasteiger partial charge in [0.05, 0.1) is 5.56 Å². The largest absolute Gasteiger partial charge is 0.298 e. The molecule has 0 bridgehead atoms. The van der Waals surface area contributed by atoms with E-state index in [-0.39, 0.29) is 17.3 Å². The topological polar surface area (TPSA) is 20.3 Å². The molecule has 1 aliphatic rings. The van der Waals surface area contributed by atoms with E-state index in [1.54, 1.807) is 0 Å². The summed E-state index contributed by atoms with van der Waals surface area (Å²) < 4.78 is 27.2. The van der Waals surface area contributed by atoms with Crippen LogP contribution in [0.5, 0.6) is 0 Å². The minimum atomic E-state index is -0.659. The Kier molecular flexibility index (Phi) is 5.27. The molecule has 1 atom stereocenters. The Morgan fingerprint density at radius 3 is 2.83 bits per heavy atom. The lowest BCUT2D eigenvalue weighted by molar-refractivity contribution is 0.0807. The van der Waals surface area contributed by atoms with Crippen molar-refractivity contribution in [1.82, 2.24) is 4.90 Å². The number of ketones is 1. The zero-order chi connectivity index (χ0) is 17.1. The Bertz CT molecular complexity index is 750. The van der Waals surface area contributed by atoms with Crippen molar-refractivity contribution in [2.75, 3.05) is 13.1 Å². The summed E-state index contributed by atoms with van der Waals surface area (Å²) in [5.74, 6) is -1.88. The van der Waals surface area contributed by atoms with Gasteiger partial charge in [0.15, 0.2) is 5.78 Å². The van der Waals surface area contributed by atoms with Gasteiger partial charge in [0, 0.05) is 24.0 Å². The average molecular weight is 350 g/mol. The first kappa shape index (κ1) is 17.1. The number of benzene rings is 2. The SMILES string of the molecule is O=C(c1cc(F)ccc1F)[C@H]1CCCN(Cc2cccc(Cl)c2)C1. The van der Waals surface area contributed by atoms with E-state index in [9.17, 15) is 13.6 Å². The Balaban J connectivity index is 1.71. The number of rotatable bonds is 4. The maximum atomic E-state index is 13.8. The van der Waals surface area contributed by atoms with Crippen LogP contribution in [0.25, 0.3) is 0 Å². The molecule has 0 aliphatic carbocycles. The first-order valence-corrected chi connectivity index (χ1v) is 8.37. The summed E-state index contributed by atoms with van der Waals surface area (Å²) in [5.41, 5.74) is 0.928. The van der Waals surface area contributed by atoms with Gasteiger partial charge in [-0.2, -0.15) is 0 Å². The fraction of sp³-hybridized carbons (Fsp3) is 0.316. The quantitative estimate of drug-likeness (QED) is 0.745. The molecule has 2 aromatic rings. The molecule has 1 saturated heterocycles. The minimum Gasteiger partial charge on any atom is -0.298 e. The van der Waals surface area contributed by atoms with E-state index in [2.05, 4.69) is 4.90 Å². The molecular formula is C19H18ClF2NO. The molecule has 24 heavy (non-hydrogen) atoms. The number of hydrogen-bond donors (Lipinski definition) is 0. The highest BCUT2D eigenvalue weighted by Crippen LogP contribution is 2.24. The molecule has 3 rings (SSSR count). The third kappa shape index (κ3) is 4.00. The summed E-state index contributed by atoms with van der Waals surface area (Å²) in [5, 5.41) is 0.680. The summed E-state index contributed by atoms with van der Waals surface area (Å²) in [6.45, 7) is 2.11. The normalized spacial score (nSPS) is 18.5. The van der Waals surface area contributed by atoms with Gasteiger partial charge in [-0.3, -0.25) is 9.69 Å². The van der Waals surface area contributed by atoms with Crippen molar-refractivity contribution in [2.45, 2.75) is 19.4 Å². The fourth-order valence-electron chi connectivity index (χ4n) is 3.21. The number of hydrogen-bond acceptors (Lipinski definition) is 2. The summed E-state index contributed by atoms with van der Waals surface area (Å²) in [4.78, 5) is 14.7. The molecule has 2 aromatic carbocycles. The van der Waals surface area contributed by atoms with Crippen LogP contribution in [0.3, 0.4) is 0 Å². The number of Topliss-reactive ketones (excluding diaryl/α,β-unsaturated/α-hetero) is 1. The van der Waals surface area contributed by atoms with Gasteiger partial charge in [-0.15, -0.1) is 0 Å². The van der Waals surface area contributed by atoms with Crippen molar-refractivity contribution in [3.63, 3.8) is 0 Å². The second kappa shape index (κ2) is 7.41. The van der Waals surface area contributed by atoms with Gasteiger partial charge >= 0.3 is 0 Å². The lowest BCUT2D eigenvalue weighted by Crippen LogP contribution is -2.38. The van der Waals surface area contributed by atoms with Crippen LogP contribution in [-0.2, 0) is 6.54 Å². The minimum absolute atomic E-state index is 0.149. The molecular weight excluding hydrogens is 332 g/mol. The van der Waals surface area contributed by atoms with Crippen molar-refractivity contribution in [3.8, 4) is 0 Å². The molecule has 0 saturated carbocycles.